The van der Waals surface area contributed by atoms with Crippen LogP contribution in [0, 0.1) is 5.82 Å². The van der Waals surface area contributed by atoms with Crippen LogP contribution in [0.3, 0.4) is 0 Å². The Hall–Kier alpha value is -3.23. The van der Waals surface area contributed by atoms with Gasteiger partial charge in [-0.2, -0.15) is 13.9 Å². The predicted molar refractivity (Wildman–Crippen MR) is 91.3 cm³/mol. The van der Waals surface area contributed by atoms with Crippen LogP contribution in [0.1, 0.15) is 6.92 Å². The molecule has 0 saturated carbocycles. The zero-order valence-corrected chi connectivity index (χ0v) is 14.2. The van der Waals surface area contributed by atoms with Crippen molar-refractivity contribution in [2.75, 3.05) is 0 Å². The van der Waals surface area contributed by atoms with Gasteiger partial charge in [0.1, 0.15) is 11.3 Å². The third kappa shape index (κ3) is 3.53. The van der Waals surface area contributed by atoms with Gasteiger partial charge in [0, 0.05) is 18.0 Å². The van der Waals surface area contributed by atoms with Gasteiger partial charge in [0.2, 0.25) is 0 Å². The van der Waals surface area contributed by atoms with Crippen LogP contribution in [0.4, 0.5) is 13.2 Å². The quantitative estimate of drug-likeness (QED) is 0.737. The van der Waals surface area contributed by atoms with Crippen molar-refractivity contribution < 1.29 is 22.6 Å². The summed E-state index contributed by atoms with van der Waals surface area (Å²) in [6, 6.07) is 5.59. The summed E-state index contributed by atoms with van der Waals surface area (Å²) < 4.78 is 50.1. The maximum absolute atomic E-state index is 13.7. The van der Waals surface area contributed by atoms with Crippen molar-refractivity contribution in [1.82, 2.24) is 20.1 Å². The number of hydrogen-bond acceptors (Lipinski definition) is 5. The van der Waals surface area contributed by atoms with Crippen molar-refractivity contribution in [2.24, 2.45) is 0 Å². The summed E-state index contributed by atoms with van der Waals surface area (Å²) in [6.45, 7) is -0.805. The molecular formula is C18H15F3N4O2. The van der Waals surface area contributed by atoms with Crippen LogP contribution in [0.25, 0.3) is 22.2 Å². The van der Waals surface area contributed by atoms with Crippen molar-refractivity contribution in [1.29, 1.82) is 0 Å². The van der Waals surface area contributed by atoms with E-state index < -0.39 is 18.2 Å². The third-order valence-electron chi connectivity index (χ3n) is 4.11. The molecule has 3 heterocycles. The number of nitrogens with one attached hydrogen (secondary N) is 1. The third-order valence-corrected chi connectivity index (χ3v) is 4.11. The number of halogens is 3. The molecule has 0 bridgehead atoms. The van der Waals surface area contributed by atoms with Gasteiger partial charge in [0.25, 0.3) is 0 Å². The van der Waals surface area contributed by atoms with E-state index in [1.807, 2.05) is 13.0 Å². The SMILES string of the molecule is CC1=CNC(Cn2ncc3ncc(-c4ccc(F)c(OC(F)F)c4)cc32)O1. The van der Waals surface area contributed by atoms with Crippen molar-refractivity contribution >= 4 is 11.0 Å². The second-order valence-electron chi connectivity index (χ2n) is 6.01. The number of pyridine rings is 1. The Morgan fingerprint density at radius 1 is 1.26 bits per heavy atom. The fourth-order valence-corrected chi connectivity index (χ4v) is 2.88. The molecule has 1 atom stereocenters. The van der Waals surface area contributed by atoms with E-state index in [1.54, 1.807) is 23.3 Å². The maximum Gasteiger partial charge on any atom is 0.387 e. The smallest absolute Gasteiger partial charge is 0.387 e. The zero-order valence-electron chi connectivity index (χ0n) is 14.2. The highest BCUT2D eigenvalue weighted by molar-refractivity contribution is 5.80. The first kappa shape index (κ1) is 17.2. The first-order valence-electron chi connectivity index (χ1n) is 8.15. The first-order valence-corrected chi connectivity index (χ1v) is 8.15. The van der Waals surface area contributed by atoms with E-state index in [0.717, 1.165) is 17.3 Å². The average molecular weight is 376 g/mol. The molecule has 0 fully saturated rings. The lowest BCUT2D eigenvalue weighted by Gasteiger charge is -2.13. The van der Waals surface area contributed by atoms with Gasteiger partial charge in [-0.3, -0.25) is 9.67 Å². The molecule has 1 aromatic carbocycles. The largest absolute Gasteiger partial charge is 0.472 e. The molecule has 27 heavy (non-hydrogen) atoms. The summed E-state index contributed by atoms with van der Waals surface area (Å²) in [7, 11) is 0. The van der Waals surface area contributed by atoms with Crippen molar-refractivity contribution in [3.05, 3.63) is 54.4 Å². The predicted octanol–water partition coefficient (Wildman–Crippen LogP) is 3.65. The van der Waals surface area contributed by atoms with E-state index in [4.69, 9.17) is 4.74 Å². The standard InChI is InChI=1S/C18H15F3N4O2/c1-10-6-23-17(26-10)9-25-15-4-12(7-22-14(15)8-24-25)11-2-3-13(19)16(5-11)27-18(20)21/h2-8,17-18,23H,9H2,1H3. The molecule has 0 spiro atoms. The van der Waals surface area contributed by atoms with Crippen LogP contribution in [0.2, 0.25) is 0 Å². The second kappa shape index (κ2) is 6.82. The number of allylic oxidation sites excluding steroid dienone is 1. The number of ether oxygens (including phenoxy) is 2. The maximum atomic E-state index is 13.7. The van der Waals surface area contributed by atoms with E-state index in [2.05, 4.69) is 20.1 Å². The van der Waals surface area contributed by atoms with Crippen LogP contribution in [-0.2, 0) is 11.3 Å². The van der Waals surface area contributed by atoms with Gasteiger partial charge in [0.05, 0.1) is 18.3 Å². The molecule has 1 aliphatic rings. The van der Waals surface area contributed by atoms with Crippen LogP contribution >= 0.6 is 0 Å². The van der Waals surface area contributed by atoms with Gasteiger partial charge in [-0.25, -0.2) is 4.39 Å². The van der Waals surface area contributed by atoms with Gasteiger partial charge in [-0.15, -0.1) is 0 Å². The second-order valence-corrected chi connectivity index (χ2v) is 6.01. The minimum Gasteiger partial charge on any atom is -0.472 e. The lowest BCUT2D eigenvalue weighted by atomic mass is 10.1. The number of alkyl halides is 2. The highest BCUT2D eigenvalue weighted by atomic mass is 19.3. The number of aromatic nitrogens is 3. The van der Waals surface area contributed by atoms with Gasteiger partial charge < -0.3 is 14.8 Å². The molecule has 4 rings (SSSR count). The van der Waals surface area contributed by atoms with Crippen molar-refractivity contribution in [3.8, 4) is 16.9 Å². The molecule has 1 aliphatic heterocycles. The molecule has 0 saturated heterocycles. The zero-order chi connectivity index (χ0) is 19.0. The Bertz CT molecular complexity index is 1020. The Balaban J connectivity index is 1.66. The molecule has 140 valence electrons. The summed E-state index contributed by atoms with van der Waals surface area (Å²) in [6.07, 6.45) is 4.74. The molecule has 0 aliphatic carbocycles. The topological polar surface area (TPSA) is 61.2 Å². The Labute approximate surface area is 152 Å². The molecule has 2 aromatic heterocycles. The van der Waals surface area contributed by atoms with Crippen LogP contribution < -0.4 is 10.1 Å². The molecule has 9 heteroatoms. The number of nitrogens with zero attached hydrogens (tertiary/aromatic N) is 3. The van der Waals surface area contributed by atoms with Gasteiger partial charge in [-0.1, -0.05) is 6.07 Å². The van der Waals surface area contributed by atoms with E-state index in [0.29, 0.717) is 23.2 Å². The fourth-order valence-electron chi connectivity index (χ4n) is 2.88. The number of benzene rings is 1. The number of hydrogen-bond donors (Lipinski definition) is 1. The van der Waals surface area contributed by atoms with Gasteiger partial charge >= 0.3 is 6.61 Å². The molecule has 3 aromatic rings. The monoisotopic (exact) mass is 376 g/mol. The van der Waals surface area contributed by atoms with Gasteiger partial charge in [-0.05, 0) is 30.7 Å². The normalized spacial score (nSPS) is 16.3. The average Bonchev–Trinajstić information content (AvgIpc) is 3.23. The summed E-state index contributed by atoms with van der Waals surface area (Å²) in [5.41, 5.74) is 2.54. The van der Waals surface area contributed by atoms with E-state index in [-0.39, 0.29) is 6.23 Å². The molecule has 0 amide bonds. The lowest BCUT2D eigenvalue weighted by molar-refractivity contribution is -0.0521. The van der Waals surface area contributed by atoms with Crippen LogP contribution in [0.5, 0.6) is 5.75 Å². The molecular weight excluding hydrogens is 361 g/mol. The van der Waals surface area contributed by atoms with Gasteiger partial charge in [0.15, 0.2) is 17.8 Å². The fraction of sp³-hybridized carbons (Fsp3) is 0.222. The molecule has 1 N–H and O–H groups in total. The van der Waals surface area contributed by atoms with Crippen LogP contribution in [-0.4, -0.2) is 27.6 Å². The summed E-state index contributed by atoms with van der Waals surface area (Å²) >= 11 is 0. The van der Waals surface area contributed by atoms with Crippen molar-refractivity contribution in [2.45, 2.75) is 26.3 Å². The molecule has 6 nitrogen and oxygen atoms in total. The summed E-state index contributed by atoms with van der Waals surface area (Å²) in [4.78, 5) is 4.34. The Kier molecular flexibility index (Phi) is 4.35. The van der Waals surface area contributed by atoms with E-state index in [9.17, 15) is 13.2 Å². The van der Waals surface area contributed by atoms with E-state index in [1.165, 1.54) is 12.1 Å². The lowest BCUT2D eigenvalue weighted by Crippen LogP contribution is -2.27. The van der Waals surface area contributed by atoms with Crippen molar-refractivity contribution in [3.63, 3.8) is 0 Å². The number of rotatable bonds is 5. The molecule has 0 radical (unpaired) electrons. The summed E-state index contributed by atoms with van der Waals surface area (Å²) in [5.74, 6) is -0.584. The first-order chi connectivity index (χ1) is 13.0. The highest BCUT2D eigenvalue weighted by Gasteiger charge is 2.18. The Morgan fingerprint density at radius 3 is 2.85 bits per heavy atom. The Morgan fingerprint density at radius 2 is 2.11 bits per heavy atom. The number of fused-ring (bicyclic) bond motifs is 1. The highest BCUT2D eigenvalue weighted by Crippen LogP contribution is 2.29. The minimum absolute atomic E-state index is 0.242. The van der Waals surface area contributed by atoms with E-state index >= 15 is 0 Å². The minimum atomic E-state index is -3.10. The summed E-state index contributed by atoms with van der Waals surface area (Å²) in [5, 5.41) is 7.41. The molecule has 1 unspecified atom stereocenters. The van der Waals surface area contributed by atoms with Crippen LogP contribution in [0.15, 0.2) is 48.6 Å².